The van der Waals surface area contributed by atoms with Gasteiger partial charge in [-0.1, -0.05) is 6.07 Å². The first-order valence-electron chi connectivity index (χ1n) is 7.25. The molecule has 2 aromatic heterocycles. The standard InChI is InChI=1S/C14H14FN5O2S/c15-10-5-2-6-11-13(10)14(18-17-11)19-23(21,22)12-7-8-16-20(12)9-3-1-4-9/h2,5-9H,1,3-4H2,(H2,17,18,19). The minimum atomic E-state index is -3.90. The Labute approximate surface area is 131 Å². The lowest BCUT2D eigenvalue weighted by atomic mass is 9.93. The quantitative estimate of drug-likeness (QED) is 0.766. The zero-order chi connectivity index (χ0) is 16.0. The molecule has 2 N–H and O–H groups in total. The van der Waals surface area contributed by atoms with Crippen molar-refractivity contribution in [2.75, 3.05) is 4.72 Å². The number of aromatic nitrogens is 4. The van der Waals surface area contributed by atoms with Crippen LogP contribution in [0, 0.1) is 5.82 Å². The number of sulfonamides is 1. The van der Waals surface area contributed by atoms with Gasteiger partial charge in [0.05, 0.1) is 23.1 Å². The summed E-state index contributed by atoms with van der Waals surface area (Å²) >= 11 is 0. The summed E-state index contributed by atoms with van der Waals surface area (Å²) in [4.78, 5) is 0. The molecule has 0 atom stereocenters. The van der Waals surface area contributed by atoms with Crippen LogP contribution < -0.4 is 4.72 Å². The molecule has 1 saturated carbocycles. The van der Waals surface area contributed by atoms with Crippen LogP contribution in [-0.4, -0.2) is 28.4 Å². The molecule has 0 amide bonds. The molecule has 0 bridgehead atoms. The average Bonchev–Trinajstić information content (AvgIpc) is 3.05. The summed E-state index contributed by atoms with van der Waals surface area (Å²) in [7, 11) is -3.90. The van der Waals surface area contributed by atoms with Crippen LogP contribution in [0.4, 0.5) is 10.2 Å². The van der Waals surface area contributed by atoms with E-state index in [9.17, 15) is 12.8 Å². The lowest BCUT2D eigenvalue weighted by Crippen LogP contribution is -2.24. The fourth-order valence-electron chi connectivity index (χ4n) is 2.70. The first-order valence-corrected chi connectivity index (χ1v) is 8.73. The number of fused-ring (bicyclic) bond motifs is 1. The van der Waals surface area contributed by atoms with Crippen molar-refractivity contribution in [3.8, 4) is 0 Å². The van der Waals surface area contributed by atoms with Gasteiger partial charge in [-0.25, -0.2) is 9.07 Å². The van der Waals surface area contributed by atoms with E-state index in [0.717, 1.165) is 19.3 Å². The summed E-state index contributed by atoms with van der Waals surface area (Å²) in [6.07, 6.45) is 4.33. The highest BCUT2D eigenvalue weighted by molar-refractivity contribution is 7.92. The number of anilines is 1. The lowest BCUT2D eigenvalue weighted by Gasteiger charge is -2.27. The number of rotatable bonds is 4. The minimum Gasteiger partial charge on any atom is -0.276 e. The largest absolute Gasteiger partial charge is 0.280 e. The number of aromatic amines is 1. The van der Waals surface area contributed by atoms with Crippen molar-refractivity contribution in [1.29, 1.82) is 0 Å². The molecule has 4 rings (SSSR count). The highest BCUT2D eigenvalue weighted by Crippen LogP contribution is 2.33. The zero-order valence-electron chi connectivity index (χ0n) is 12.0. The van der Waals surface area contributed by atoms with Crippen molar-refractivity contribution in [1.82, 2.24) is 20.0 Å². The van der Waals surface area contributed by atoms with E-state index < -0.39 is 15.8 Å². The van der Waals surface area contributed by atoms with E-state index in [-0.39, 0.29) is 22.3 Å². The molecule has 1 aliphatic carbocycles. The maximum Gasteiger partial charge on any atom is 0.280 e. The predicted molar refractivity (Wildman–Crippen MR) is 82.0 cm³/mol. The van der Waals surface area contributed by atoms with E-state index in [0.29, 0.717) is 5.52 Å². The summed E-state index contributed by atoms with van der Waals surface area (Å²) in [5.41, 5.74) is 0.426. The molecule has 3 aromatic rings. The molecule has 23 heavy (non-hydrogen) atoms. The fraction of sp³-hybridized carbons (Fsp3) is 0.286. The van der Waals surface area contributed by atoms with E-state index in [4.69, 9.17) is 0 Å². The summed E-state index contributed by atoms with van der Waals surface area (Å²) in [5.74, 6) is -0.596. The molecule has 7 nitrogen and oxygen atoms in total. The molecular formula is C14H14FN5O2S. The molecule has 0 aliphatic heterocycles. The van der Waals surface area contributed by atoms with Crippen LogP contribution in [0.3, 0.4) is 0 Å². The van der Waals surface area contributed by atoms with Crippen molar-refractivity contribution < 1.29 is 12.8 Å². The maximum absolute atomic E-state index is 14.0. The van der Waals surface area contributed by atoms with Crippen LogP contribution >= 0.6 is 0 Å². The van der Waals surface area contributed by atoms with Gasteiger partial charge in [-0.2, -0.15) is 18.6 Å². The molecule has 0 radical (unpaired) electrons. The van der Waals surface area contributed by atoms with Gasteiger partial charge in [-0.3, -0.25) is 9.82 Å². The number of hydrogen-bond acceptors (Lipinski definition) is 4. The van der Waals surface area contributed by atoms with Crippen LogP contribution in [0.1, 0.15) is 25.3 Å². The first kappa shape index (κ1) is 14.2. The van der Waals surface area contributed by atoms with Gasteiger partial charge in [0.25, 0.3) is 10.0 Å². The highest BCUT2D eigenvalue weighted by atomic mass is 32.2. The summed E-state index contributed by atoms with van der Waals surface area (Å²) in [6.45, 7) is 0. The Balaban J connectivity index is 1.74. The van der Waals surface area contributed by atoms with E-state index in [2.05, 4.69) is 20.0 Å². The smallest absolute Gasteiger partial charge is 0.276 e. The van der Waals surface area contributed by atoms with Crippen LogP contribution in [0.15, 0.2) is 35.5 Å². The summed E-state index contributed by atoms with van der Waals surface area (Å²) < 4.78 is 43.1. The van der Waals surface area contributed by atoms with E-state index in [1.807, 2.05) is 0 Å². The van der Waals surface area contributed by atoms with Gasteiger partial charge >= 0.3 is 0 Å². The third-order valence-corrected chi connectivity index (χ3v) is 5.44. The SMILES string of the molecule is O=S(=O)(Nc1n[nH]c2cccc(F)c12)c1ccnn1C1CCC1. The molecule has 0 spiro atoms. The highest BCUT2D eigenvalue weighted by Gasteiger charge is 2.28. The Hall–Kier alpha value is -2.42. The first-order chi connectivity index (χ1) is 11.1. The summed E-state index contributed by atoms with van der Waals surface area (Å²) in [6, 6.07) is 5.95. The Bertz CT molecular complexity index is 974. The van der Waals surface area contributed by atoms with Gasteiger partial charge < -0.3 is 0 Å². The number of benzene rings is 1. The van der Waals surface area contributed by atoms with Crippen molar-refractivity contribution in [3.63, 3.8) is 0 Å². The Kier molecular flexibility index (Phi) is 3.12. The number of halogens is 1. The van der Waals surface area contributed by atoms with Crippen molar-refractivity contribution in [3.05, 3.63) is 36.3 Å². The van der Waals surface area contributed by atoms with E-state index in [1.165, 1.54) is 29.1 Å². The molecule has 0 unspecified atom stereocenters. The molecular weight excluding hydrogens is 321 g/mol. The van der Waals surface area contributed by atoms with Crippen LogP contribution in [0.2, 0.25) is 0 Å². The van der Waals surface area contributed by atoms with Gasteiger partial charge in [-0.05, 0) is 37.5 Å². The van der Waals surface area contributed by atoms with Crippen molar-refractivity contribution in [2.24, 2.45) is 0 Å². The third-order valence-electron chi connectivity index (χ3n) is 4.10. The summed E-state index contributed by atoms with van der Waals surface area (Å²) in [5, 5.41) is 10.8. The van der Waals surface area contributed by atoms with Crippen LogP contribution in [-0.2, 0) is 10.0 Å². The predicted octanol–water partition coefficient (Wildman–Crippen LogP) is 2.42. The topological polar surface area (TPSA) is 92.7 Å². The molecule has 1 fully saturated rings. The van der Waals surface area contributed by atoms with Gasteiger partial charge in [0.1, 0.15) is 5.82 Å². The van der Waals surface area contributed by atoms with Gasteiger partial charge in [0.15, 0.2) is 10.8 Å². The lowest BCUT2D eigenvalue weighted by molar-refractivity contribution is 0.271. The monoisotopic (exact) mass is 335 g/mol. The van der Waals surface area contributed by atoms with Gasteiger partial charge in [0.2, 0.25) is 0 Å². The maximum atomic E-state index is 14.0. The Morgan fingerprint density at radius 1 is 1.30 bits per heavy atom. The van der Waals surface area contributed by atoms with E-state index >= 15 is 0 Å². The molecule has 1 aromatic carbocycles. The average molecular weight is 335 g/mol. The molecule has 2 heterocycles. The second kappa shape index (κ2) is 5.05. The molecule has 1 aliphatic rings. The molecule has 9 heteroatoms. The van der Waals surface area contributed by atoms with Gasteiger partial charge in [-0.15, -0.1) is 0 Å². The normalized spacial score (nSPS) is 15.7. The van der Waals surface area contributed by atoms with Crippen molar-refractivity contribution in [2.45, 2.75) is 30.3 Å². The Morgan fingerprint density at radius 3 is 2.87 bits per heavy atom. The second-order valence-corrected chi connectivity index (χ2v) is 7.17. The van der Waals surface area contributed by atoms with Crippen molar-refractivity contribution >= 4 is 26.7 Å². The fourth-order valence-corrected chi connectivity index (χ4v) is 3.89. The zero-order valence-corrected chi connectivity index (χ0v) is 12.8. The van der Waals surface area contributed by atoms with Crippen LogP contribution in [0.25, 0.3) is 10.9 Å². The van der Waals surface area contributed by atoms with Crippen LogP contribution in [0.5, 0.6) is 0 Å². The minimum absolute atomic E-state index is 0.0561. The molecule has 120 valence electrons. The number of hydrogen-bond donors (Lipinski definition) is 2. The van der Waals surface area contributed by atoms with Gasteiger partial charge in [0, 0.05) is 0 Å². The molecule has 0 saturated heterocycles. The number of nitrogens with one attached hydrogen (secondary N) is 2. The Morgan fingerprint density at radius 2 is 2.13 bits per heavy atom. The number of nitrogens with zero attached hydrogens (tertiary/aromatic N) is 3. The third kappa shape index (κ3) is 2.27. The number of H-pyrrole nitrogens is 1. The second-order valence-electron chi connectivity index (χ2n) is 5.54. The van der Waals surface area contributed by atoms with E-state index in [1.54, 1.807) is 6.07 Å².